The number of rotatable bonds is 3. The van der Waals surface area contributed by atoms with Gasteiger partial charge < -0.3 is 9.97 Å². The fraction of sp³-hybridized carbons (Fsp3) is 0.267. The van der Waals surface area contributed by atoms with E-state index in [-0.39, 0.29) is 0 Å². The normalized spacial score (nSPS) is 11.4. The minimum atomic E-state index is 0.311. The first-order chi connectivity index (χ1) is 10.1. The van der Waals surface area contributed by atoms with Crippen LogP contribution in [0.25, 0.3) is 11.2 Å². The second-order valence-corrected chi connectivity index (χ2v) is 6.10. The standard InChI is InChI=1S/C15H16N4S2/c1-9(2)12-16-11-13(17-12)19(15(21)18-14(11)20)8-10-6-4-3-5-7-10/h3-7,9H,8H2,1-2H3,(H,16,17)(H,18,20,21). The molecule has 0 radical (unpaired) electrons. The zero-order chi connectivity index (χ0) is 15.0. The van der Waals surface area contributed by atoms with Gasteiger partial charge in [-0.1, -0.05) is 56.4 Å². The fourth-order valence-electron chi connectivity index (χ4n) is 2.24. The summed E-state index contributed by atoms with van der Waals surface area (Å²) in [4.78, 5) is 11.1. The second kappa shape index (κ2) is 5.54. The third-order valence-corrected chi connectivity index (χ3v) is 4.01. The predicted molar refractivity (Wildman–Crippen MR) is 89.7 cm³/mol. The number of nitrogens with zero attached hydrogens (tertiary/aromatic N) is 2. The SMILES string of the molecule is CC(C)c1nc2c([nH]1)c(=S)[nH]c(=S)n2Cc1ccccc1. The third kappa shape index (κ3) is 2.69. The summed E-state index contributed by atoms with van der Waals surface area (Å²) in [5, 5.41) is 0. The first-order valence-corrected chi connectivity index (χ1v) is 7.64. The molecule has 0 aliphatic carbocycles. The van der Waals surface area contributed by atoms with Crippen LogP contribution in [0.15, 0.2) is 30.3 Å². The summed E-state index contributed by atoms with van der Waals surface area (Å²) < 4.78 is 3.19. The molecule has 2 aromatic heterocycles. The average Bonchev–Trinajstić information content (AvgIpc) is 2.90. The molecule has 0 spiro atoms. The van der Waals surface area contributed by atoms with E-state index >= 15 is 0 Å². The van der Waals surface area contributed by atoms with Gasteiger partial charge in [0, 0.05) is 5.92 Å². The van der Waals surface area contributed by atoms with Crippen molar-refractivity contribution in [1.82, 2.24) is 19.5 Å². The number of fused-ring (bicyclic) bond motifs is 1. The molecule has 0 aliphatic rings. The van der Waals surface area contributed by atoms with Crippen LogP contribution >= 0.6 is 24.4 Å². The molecule has 0 saturated heterocycles. The molecule has 6 heteroatoms. The molecule has 0 bridgehead atoms. The minimum Gasteiger partial charge on any atom is -0.338 e. The van der Waals surface area contributed by atoms with Gasteiger partial charge in [0.05, 0.1) is 6.54 Å². The van der Waals surface area contributed by atoms with E-state index in [1.54, 1.807) is 0 Å². The van der Waals surface area contributed by atoms with Crippen molar-refractivity contribution >= 4 is 35.6 Å². The van der Waals surface area contributed by atoms with Crippen LogP contribution in [-0.2, 0) is 6.54 Å². The lowest BCUT2D eigenvalue weighted by molar-refractivity contribution is 0.765. The molecule has 0 unspecified atom stereocenters. The highest BCUT2D eigenvalue weighted by atomic mass is 32.1. The average molecular weight is 316 g/mol. The summed E-state index contributed by atoms with van der Waals surface area (Å²) in [5.74, 6) is 1.23. The number of aromatic nitrogens is 4. The van der Waals surface area contributed by atoms with Gasteiger partial charge in [0.1, 0.15) is 16.0 Å². The Labute approximate surface area is 132 Å². The van der Waals surface area contributed by atoms with Crippen molar-refractivity contribution in [1.29, 1.82) is 0 Å². The van der Waals surface area contributed by atoms with Crippen molar-refractivity contribution in [2.24, 2.45) is 0 Å². The number of imidazole rings is 1. The van der Waals surface area contributed by atoms with E-state index in [0.717, 1.165) is 17.0 Å². The molecule has 3 aromatic rings. The molecule has 3 rings (SSSR count). The topological polar surface area (TPSA) is 49.4 Å². The van der Waals surface area contributed by atoms with Crippen molar-refractivity contribution in [3.63, 3.8) is 0 Å². The lowest BCUT2D eigenvalue weighted by Gasteiger charge is -2.08. The number of hydrogen-bond acceptors (Lipinski definition) is 3. The molecule has 4 nitrogen and oxygen atoms in total. The molecule has 0 saturated carbocycles. The maximum absolute atomic E-state index is 5.43. The van der Waals surface area contributed by atoms with E-state index in [9.17, 15) is 0 Å². The van der Waals surface area contributed by atoms with Crippen molar-refractivity contribution < 1.29 is 0 Å². The molecule has 0 fully saturated rings. The first kappa shape index (κ1) is 14.2. The van der Waals surface area contributed by atoms with Crippen LogP contribution in [-0.4, -0.2) is 19.5 Å². The molecule has 108 valence electrons. The lowest BCUT2D eigenvalue weighted by atomic mass is 10.2. The Morgan fingerprint density at radius 3 is 2.52 bits per heavy atom. The van der Waals surface area contributed by atoms with Gasteiger partial charge in [-0.05, 0) is 17.8 Å². The molecule has 0 aliphatic heterocycles. The van der Waals surface area contributed by atoms with Gasteiger partial charge in [0.15, 0.2) is 10.4 Å². The van der Waals surface area contributed by atoms with Gasteiger partial charge in [-0.25, -0.2) is 4.98 Å². The Bertz CT molecular complexity index is 887. The molecule has 21 heavy (non-hydrogen) atoms. The van der Waals surface area contributed by atoms with E-state index in [1.165, 1.54) is 5.56 Å². The van der Waals surface area contributed by atoms with Crippen LogP contribution < -0.4 is 0 Å². The largest absolute Gasteiger partial charge is 0.338 e. The Hall–Kier alpha value is -1.79. The van der Waals surface area contributed by atoms with Crippen LogP contribution in [0, 0.1) is 9.41 Å². The maximum Gasteiger partial charge on any atom is 0.180 e. The van der Waals surface area contributed by atoms with Crippen LogP contribution in [0.2, 0.25) is 0 Å². The summed E-state index contributed by atoms with van der Waals surface area (Å²) in [6.07, 6.45) is 0. The quantitative estimate of drug-likeness (QED) is 0.707. The lowest BCUT2D eigenvalue weighted by Crippen LogP contribution is -2.06. The summed E-state index contributed by atoms with van der Waals surface area (Å²) >= 11 is 10.8. The molecular formula is C15H16N4S2. The van der Waals surface area contributed by atoms with Gasteiger partial charge in [-0.3, -0.25) is 4.57 Å². The van der Waals surface area contributed by atoms with Crippen molar-refractivity contribution in [3.8, 4) is 0 Å². The summed E-state index contributed by atoms with van der Waals surface area (Å²) in [6, 6.07) is 10.2. The monoisotopic (exact) mass is 316 g/mol. The van der Waals surface area contributed by atoms with Gasteiger partial charge in [0.2, 0.25) is 0 Å². The highest BCUT2D eigenvalue weighted by Crippen LogP contribution is 2.19. The number of benzene rings is 1. The first-order valence-electron chi connectivity index (χ1n) is 6.83. The van der Waals surface area contributed by atoms with E-state index in [2.05, 4.69) is 40.9 Å². The molecule has 0 amide bonds. The zero-order valence-electron chi connectivity index (χ0n) is 11.9. The van der Waals surface area contributed by atoms with Crippen molar-refractivity contribution in [3.05, 3.63) is 51.1 Å². The van der Waals surface area contributed by atoms with Gasteiger partial charge in [-0.2, -0.15) is 0 Å². The second-order valence-electron chi connectivity index (χ2n) is 5.31. The van der Waals surface area contributed by atoms with E-state index in [1.807, 2.05) is 22.8 Å². The van der Waals surface area contributed by atoms with E-state index < -0.39 is 0 Å². The van der Waals surface area contributed by atoms with Crippen LogP contribution in [0.3, 0.4) is 0 Å². The summed E-state index contributed by atoms with van der Waals surface area (Å²) in [5.41, 5.74) is 2.84. The summed E-state index contributed by atoms with van der Waals surface area (Å²) in [6.45, 7) is 4.87. The Morgan fingerprint density at radius 1 is 1.14 bits per heavy atom. The van der Waals surface area contributed by atoms with E-state index in [4.69, 9.17) is 24.4 Å². The Balaban J connectivity index is 2.22. The Morgan fingerprint density at radius 2 is 1.86 bits per heavy atom. The number of nitrogens with one attached hydrogen (secondary N) is 2. The van der Waals surface area contributed by atoms with Crippen LogP contribution in [0.1, 0.15) is 31.2 Å². The predicted octanol–water partition coefficient (Wildman–Crippen LogP) is 4.32. The van der Waals surface area contributed by atoms with Gasteiger partial charge in [0.25, 0.3) is 0 Å². The van der Waals surface area contributed by atoms with Crippen LogP contribution in [0.4, 0.5) is 0 Å². The molecule has 0 atom stereocenters. The summed E-state index contributed by atoms with van der Waals surface area (Å²) in [7, 11) is 0. The van der Waals surface area contributed by atoms with Gasteiger partial charge >= 0.3 is 0 Å². The molecule has 2 N–H and O–H groups in total. The van der Waals surface area contributed by atoms with Crippen molar-refractivity contribution in [2.75, 3.05) is 0 Å². The van der Waals surface area contributed by atoms with Crippen LogP contribution in [0.5, 0.6) is 0 Å². The Kier molecular flexibility index (Phi) is 3.73. The van der Waals surface area contributed by atoms with Gasteiger partial charge in [-0.15, -0.1) is 0 Å². The molecular weight excluding hydrogens is 300 g/mol. The van der Waals surface area contributed by atoms with E-state index in [0.29, 0.717) is 21.9 Å². The zero-order valence-corrected chi connectivity index (χ0v) is 13.5. The number of hydrogen-bond donors (Lipinski definition) is 2. The maximum atomic E-state index is 5.43. The third-order valence-electron chi connectivity index (χ3n) is 3.38. The molecule has 2 heterocycles. The number of H-pyrrole nitrogens is 2. The fourth-order valence-corrected chi connectivity index (χ4v) is 2.80. The minimum absolute atomic E-state index is 0.311. The highest BCUT2D eigenvalue weighted by molar-refractivity contribution is 7.72. The number of aromatic amines is 2. The van der Waals surface area contributed by atoms with Crippen molar-refractivity contribution in [2.45, 2.75) is 26.3 Å². The highest BCUT2D eigenvalue weighted by Gasteiger charge is 2.12. The smallest absolute Gasteiger partial charge is 0.180 e. The molecule has 1 aromatic carbocycles.